The van der Waals surface area contributed by atoms with Gasteiger partial charge >= 0.3 is 0 Å². The van der Waals surface area contributed by atoms with E-state index in [1.807, 2.05) is 0 Å². The minimum Gasteiger partial charge on any atom is -0.394 e. The minimum atomic E-state index is -1.83. The Kier molecular flexibility index (Phi) is 5.92. The molecule has 0 amide bonds. The van der Waals surface area contributed by atoms with Gasteiger partial charge in [-0.3, -0.25) is 0 Å². The van der Waals surface area contributed by atoms with Gasteiger partial charge in [0, 0.05) is 0 Å². The van der Waals surface area contributed by atoms with E-state index in [-0.39, 0.29) is 0 Å². The van der Waals surface area contributed by atoms with Crippen LogP contribution in [0, 0.1) is 0 Å². The number of hydrogen-bond acceptors (Lipinski definition) is 11. The zero-order chi connectivity index (χ0) is 17.5. The van der Waals surface area contributed by atoms with E-state index in [9.17, 15) is 40.9 Å². The smallest absolute Gasteiger partial charge is 0.187 e. The Balaban J connectivity index is 2.13. The highest BCUT2D eigenvalue weighted by Gasteiger charge is 2.52. The molecule has 2 fully saturated rings. The number of ether oxygens (including phenoxy) is 2. The SMILES string of the molecule is OCC1O[C@H](OC2C(O)[C@H](O)[C@@H](O)C(O)[C@@H]2O)C(O)[C@H](O)[C@H]1O. The fourth-order valence-electron chi connectivity index (χ4n) is 2.69. The van der Waals surface area contributed by atoms with Crippen LogP contribution in [0.5, 0.6) is 0 Å². The second-order valence-electron chi connectivity index (χ2n) is 5.75. The first kappa shape index (κ1) is 18.9. The number of aliphatic hydroxyl groups is 9. The molecule has 1 aliphatic carbocycles. The molecule has 0 aromatic heterocycles. The molecule has 0 bridgehead atoms. The van der Waals surface area contributed by atoms with Crippen molar-refractivity contribution in [1.82, 2.24) is 0 Å². The summed E-state index contributed by atoms with van der Waals surface area (Å²) in [7, 11) is 0. The first-order valence-corrected chi connectivity index (χ1v) is 7.07. The second kappa shape index (κ2) is 7.21. The monoisotopic (exact) mass is 342 g/mol. The van der Waals surface area contributed by atoms with Gasteiger partial charge < -0.3 is 55.4 Å². The van der Waals surface area contributed by atoms with Gasteiger partial charge in [0.25, 0.3) is 0 Å². The molecular weight excluding hydrogens is 320 g/mol. The summed E-state index contributed by atoms with van der Waals surface area (Å²) in [6.45, 7) is -0.704. The summed E-state index contributed by atoms with van der Waals surface area (Å²) >= 11 is 0. The van der Waals surface area contributed by atoms with E-state index >= 15 is 0 Å². The third kappa shape index (κ3) is 3.36. The first-order chi connectivity index (χ1) is 10.7. The predicted molar refractivity (Wildman–Crippen MR) is 68.7 cm³/mol. The number of rotatable bonds is 3. The lowest BCUT2D eigenvalue weighted by Gasteiger charge is -2.45. The molecule has 11 atom stereocenters. The van der Waals surface area contributed by atoms with E-state index in [1.165, 1.54) is 0 Å². The van der Waals surface area contributed by atoms with Crippen LogP contribution in [0.1, 0.15) is 0 Å². The molecular formula is C12H22O11. The Morgan fingerprint density at radius 2 is 1.04 bits per heavy atom. The van der Waals surface area contributed by atoms with Crippen molar-refractivity contribution in [2.24, 2.45) is 0 Å². The van der Waals surface area contributed by atoms with Crippen molar-refractivity contribution in [3.05, 3.63) is 0 Å². The molecule has 1 saturated heterocycles. The zero-order valence-corrected chi connectivity index (χ0v) is 11.9. The maximum Gasteiger partial charge on any atom is 0.187 e. The Morgan fingerprint density at radius 3 is 1.52 bits per heavy atom. The van der Waals surface area contributed by atoms with Crippen molar-refractivity contribution >= 4 is 0 Å². The molecule has 1 saturated carbocycles. The van der Waals surface area contributed by atoms with Gasteiger partial charge in [0.1, 0.15) is 61.0 Å². The first-order valence-electron chi connectivity index (χ1n) is 7.07. The largest absolute Gasteiger partial charge is 0.394 e. The van der Waals surface area contributed by atoms with Crippen LogP contribution in [0.25, 0.3) is 0 Å². The average molecular weight is 342 g/mol. The van der Waals surface area contributed by atoms with Crippen LogP contribution in [0.15, 0.2) is 0 Å². The van der Waals surface area contributed by atoms with E-state index in [1.54, 1.807) is 0 Å². The normalized spacial score (nSPS) is 54.9. The quantitative estimate of drug-likeness (QED) is 0.236. The molecule has 2 aliphatic rings. The van der Waals surface area contributed by atoms with Crippen molar-refractivity contribution < 1.29 is 55.4 Å². The standard InChI is InChI=1S/C12H22O11/c13-1-2-3(14)4(15)10(21)12(22-2)23-11-8(19)6(17)5(16)7(18)9(11)20/h2-21H,1H2/t2?,3-,4+,5-,6?,7+,8-,9?,10?,11?,12+/m0/s1. The van der Waals surface area contributed by atoms with Crippen LogP contribution < -0.4 is 0 Å². The van der Waals surface area contributed by atoms with Crippen molar-refractivity contribution in [2.45, 2.75) is 67.3 Å². The van der Waals surface area contributed by atoms with Gasteiger partial charge in [-0.1, -0.05) is 0 Å². The summed E-state index contributed by atoms with van der Waals surface area (Å²) in [4.78, 5) is 0. The van der Waals surface area contributed by atoms with Gasteiger partial charge in [0.05, 0.1) is 6.61 Å². The molecule has 0 aromatic carbocycles. The molecule has 23 heavy (non-hydrogen) atoms. The predicted octanol–water partition coefficient (Wildman–Crippen LogP) is -6.01. The molecule has 0 radical (unpaired) electrons. The fraction of sp³-hybridized carbons (Fsp3) is 1.00. The third-order valence-corrected chi connectivity index (χ3v) is 4.21. The van der Waals surface area contributed by atoms with E-state index in [0.29, 0.717) is 0 Å². The van der Waals surface area contributed by atoms with Crippen LogP contribution >= 0.6 is 0 Å². The van der Waals surface area contributed by atoms with Crippen LogP contribution in [0.4, 0.5) is 0 Å². The van der Waals surface area contributed by atoms with E-state index in [4.69, 9.17) is 14.6 Å². The Hall–Kier alpha value is -0.440. The van der Waals surface area contributed by atoms with Gasteiger partial charge in [0.2, 0.25) is 0 Å². The maximum atomic E-state index is 9.85. The molecule has 136 valence electrons. The van der Waals surface area contributed by atoms with Crippen molar-refractivity contribution in [2.75, 3.05) is 6.61 Å². The summed E-state index contributed by atoms with van der Waals surface area (Å²) in [6, 6.07) is 0. The summed E-state index contributed by atoms with van der Waals surface area (Å²) < 4.78 is 10.2. The molecule has 2 rings (SSSR count). The Labute approximate surface area is 130 Å². The van der Waals surface area contributed by atoms with Crippen LogP contribution in [0.3, 0.4) is 0 Å². The van der Waals surface area contributed by atoms with Gasteiger partial charge in [0.15, 0.2) is 6.29 Å². The Bertz CT molecular complexity index is 377. The summed E-state index contributed by atoms with van der Waals surface area (Å²) in [5.41, 5.74) is 0. The van der Waals surface area contributed by atoms with Crippen molar-refractivity contribution in [3.63, 3.8) is 0 Å². The van der Waals surface area contributed by atoms with Crippen LogP contribution in [-0.4, -0.2) is 120 Å². The van der Waals surface area contributed by atoms with Crippen LogP contribution in [-0.2, 0) is 9.47 Å². The zero-order valence-electron chi connectivity index (χ0n) is 11.9. The summed E-state index contributed by atoms with van der Waals surface area (Å²) in [5.74, 6) is 0. The van der Waals surface area contributed by atoms with Gasteiger partial charge in [-0.05, 0) is 0 Å². The van der Waals surface area contributed by atoms with E-state index in [0.717, 1.165) is 0 Å². The highest BCUT2D eigenvalue weighted by Crippen LogP contribution is 2.29. The van der Waals surface area contributed by atoms with Crippen molar-refractivity contribution in [3.8, 4) is 0 Å². The van der Waals surface area contributed by atoms with E-state index < -0.39 is 73.9 Å². The van der Waals surface area contributed by atoms with Gasteiger partial charge in [-0.15, -0.1) is 0 Å². The van der Waals surface area contributed by atoms with Gasteiger partial charge in [-0.2, -0.15) is 0 Å². The lowest BCUT2D eigenvalue weighted by molar-refractivity contribution is -0.339. The molecule has 1 aliphatic heterocycles. The summed E-state index contributed by atoms with van der Waals surface area (Å²) in [5, 5.41) is 86.6. The minimum absolute atomic E-state index is 0.704. The third-order valence-electron chi connectivity index (χ3n) is 4.21. The molecule has 5 unspecified atom stereocenters. The maximum absolute atomic E-state index is 9.85. The van der Waals surface area contributed by atoms with Gasteiger partial charge in [-0.25, -0.2) is 0 Å². The fourth-order valence-corrected chi connectivity index (χ4v) is 2.69. The molecule has 0 spiro atoms. The topological polar surface area (TPSA) is 201 Å². The molecule has 0 aromatic rings. The molecule has 9 N–H and O–H groups in total. The average Bonchev–Trinajstić information content (AvgIpc) is 2.54. The Morgan fingerprint density at radius 1 is 0.609 bits per heavy atom. The highest BCUT2D eigenvalue weighted by molar-refractivity contribution is 5.00. The molecule has 11 nitrogen and oxygen atoms in total. The molecule has 1 heterocycles. The molecule has 11 heteroatoms. The van der Waals surface area contributed by atoms with E-state index in [2.05, 4.69) is 0 Å². The van der Waals surface area contributed by atoms with Crippen LogP contribution in [0.2, 0.25) is 0 Å². The lowest BCUT2D eigenvalue weighted by Crippen LogP contribution is -2.67. The second-order valence-corrected chi connectivity index (χ2v) is 5.75. The number of aliphatic hydroxyl groups excluding tert-OH is 9. The number of hydrogen-bond donors (Lipinski definition) is 9. The highest BCUT2D eigenvalue weighted by atomic mass is 16.7. The van der Waals surface area contributed by atoms with Crippen molar-refractivity contribution in [1.29, 1.82) is 0 Å². The lowest BCUT2D eigenvalue weighted by atomic mass is 9.84. The summed E-state index contributed by atoms with van der Waals surface area (Å²) in [6.07, 6.45) is -18.9.